The van der Waals surface area contributed by atoms with Crippen LogP contribution in [0.2, 0.25) is 5.02 Å². The molecule has 20 heavy (non-hydrogen) atoms. The van der Waals surface area contributed by atoms with Gasteiger partial charge in [-0.2, -0.15) is 0 Å². The Balaban J connectivity index is 2.07. The standard InChI is InChI=1S/C13H19ClN4O2/c1-17(2)11(19)6-13(20)4-3-5-18(9-13)12-15-7-10(14)8-16-12/h7-8,20H,3-6,9H2,1-2H3. The molecule has 1 aromatic heterocycles. The molecule has 0 aliphatic carbocycles. The number of carbonyl (C=O) groups excluding carboxylic acids is 1. The Labute approximate surface area is 123 Å². The summed E-state index contributed by atoms with van der Waals surface area (Å²) >= 11 is 5.77. The van der Waals surface area contributed by atoms with Crippen molar-refractivity contribution in [3.05, 3.63) is 17.4 Å². The highest BCUT2D eigenvalue weighted by Gasteiger charge is 2.36. The number of nitrogens with zero attached hydrogens (tertiary/aromatic N) is 4. The third-order valence-electron chi connectivity index (χ3n) is 3.42. The molecule has 2 heterocycles. The number of piperidine rings is 1. The van der Waals surface area contributed by atoms with Gasteiger partial charge in [-0.15, -0.1) is 0 Å². The van der Waals surface area contributed by atoms with Crippen LogP contribution in [0.15, 0.2) is 12.4 Å². The van der Waals surface area contributed by atoms with E-state index in [1.54, 1.807) is 14.1 Å². The second-order valence-electron chi connectivity index (χ2n) is 5.42. The SMILES string of the molecule is CN(C)C(=O)CC1(O)CCCN(c2ncc(Cl)cn2)C1. The van der Waals surface area contributed by atoms with Crippen molar-refractivity contribution in [2.45, 2.75) is 24.9 Å². The summed E-state index contributed by atoms with van der Waals surface area (Å²) < 4.78 is 0. The molecule has 0 radical (unpaired) electrons. The van der Waals surface area contributed by atoms with E-state index < -0.39 is 5.60 Å². The van der Waals surface area contributed by atoms with Gasteiger partial charge in [0.1, 0.15) is 0 Å². The number of halogens is 1. The van der Waals surface area contributed by atoms with Crippen LogP contribution in [0.5, 0.6) is 0 Å². The van der Waals surface area contributed by atoms with Gasteiger partial charge in [-0.05, 0) is 12.8 Å². The summed E-state index contributed by atoms with van der Waals surface area (Å²) in [4.78, 5) is 23.5. The number of hydrogen-bond acceptors (Lipinski definition) is 5. The average Bonchev–Trinajstić information content (AvgIpc) is 2.39. The van der Waals surface area contributed by atoms with Crippen LogP contribution in [0, 0.1) is 0 Å². The summed E-state index contributed by atoms with van der Waals surface area (Å²) in [6, 6.07) is 0. The molecule has 0 bridgehead atoms. The molecule has 6 nitrogen and oxygen atoms in total. The van der Waals surface area contributed by atoms with Gasteiger partial charge in [-0.25, -0.2) is 9.97 Å². The number of amides is 1. The molecule has 1 aliphatic rings. The Morgan fingerprint density at radius 3 is 2.75 bits per heavy atom. The average molecular weight is 299 g/mol. The van der Waals surface area contributed by atoms with E-state index in [4.69, 9.17) is 11.6 Å². The molecule has 0 spiro atoms. The molecule has 1 unspecified atom stereocenters. The molecule has 0 aromatic carbocycles. The molecule has 1 amide bonds. The Kier molecular flexibility index (Phi) is 4.45. The molecule has 0 saturated carbocycles. The molecule has 1 saturated heterocycles. The first-order valence-electron chi connectivity index (χ1n) is 6.55. The van der Waals surface area contributed by atoms with E-state index >= 15 is 0 Å². The molecule has 7 heteroatoms. The largest absolute Gasteiger partial charge is 0.388 e. The summed E-state index contributed by atoms with van der Waals surface area (Å²) in [6.07, 6.45) is 4.58. The summed E-state index contributed by atoms with van der Waals surface area (Å²) in [5, 5.41) is 11.1. The van der Waals surface area contributed by atoms with E-state index in [1.165, 1.54) is 17.3 Å². The van der Waals surface area contributed by atoms with Crippen LogP contribution in [0.25, 0.3) is 0 Å². The first-order valence-corrected chi connectivity index (χ1v) is 6.92. The monoisotopic (exact) mass is 298 g/mol. The van der Waals surface area contributed by atoms with Gasteiger partial charge in [-0.3, -0.25) is 4.79 Å². The van der Waals surface area contributed by atoms with E-state index in [0.29, 0.717) is 23.9 Å². The van der Waals surface area contributed by atoms with Crippen LogP contribution in [-0.4, -0.2) is 58.7 Å². The highest BCUT2D eigenvalue weighted by atomic mass is 35.5. The van der Waals surface area contributed by atoms with Crippen molar-refractivity contribution in [1.29, 1.82) is 0 Å². The van der Waals surface area contributed by atoms with Crippen LogP contribution >= 0.6 is 11.6 Å². The molecule has 1 atom stereocenters. The second-order valence-corrected chi connectivity index (χ2v) is 5.85. The van der Waals surface area contributed by atoms with Crippen LogP contribution in [0.3, 0.4) is 0 Å². The first kappa shape index (κ1) is 15.0. The minimum absolute atomic E-state index is 0.0774. The summed E-state index contributed by atoms with van der Waals surface area (Å²) in [5.41, 5.74) is -1.03. The number of aliphatic hydroxyl groups is 1. The minimum atomic E-state index is -1.03. The second kappa shape index (κ2) is 5.93. The highest BCUT2D eigenvalue weighted by molar-refractivity contribution is 6.30. The summed E-state index contributed by atoms with van der Waals surface area (Å²) in [6.45, 7) is 1.12. The lowest BCUT2D eigenvalue weighted by Crippen LogP contribution is -2.51. The number of anilines is 1. The molecule has 1 N–H and O–H groups in total. The highest BCUT2D eigenvalue weighted by Crippen LogP contribution is 2.27. The summed E-state index contributed by atoms with van der Waals surface area (Å²) in [5.74, 6) is 0.455. The van der Waals surface area contributed by atoms with E-state index in [9.17, 15) is 9.90 Å². The lowest BCUT2D eigenvalue weighted by molar-refractivity contribution is -0.134. The van der Waals surface area contributed by atoms with Crippen LogP contribution in [0.1, 0.15) is 19.3 Å². The Morgan fingerprint density at radius 2 is 2.15 bits per heavy atom. The van der Waals surface area contributed by atoms with Crippen molar-refractivity contribution in [3.8, 4) is 0 Å². The van der Waals surface area contributed by atoms with Gasteiger partial charge in [0, 0.05) is 20.6 Å². The van der Waals surface area contributed by atoms with Gasteiger partial charge in [0.05, 0.1) is 36.0 Å². The van der Waals surface area contributed by atoms with Gasteiger partial charge in [0.25, 0.3) is 0 Å². The van der Waals surface area contributed by atoms with E-state index in [0.717, 1.165) is 13.0 Å². The van der Waals surface area contributed by atoms with E-state index in [1.807, 2.05) is 4.90 Å². The summed E-state index contributed by atoms with van der Waals surface area (Å²) in [7, 11) is 3.38. The van der Waals surface area contributed by atoms with Crippen molar-refractivity contribution < 1.29 is 9.90 Å². The number of hydrogen-bond donors (Lipinski definition) is 1. The van der Waals surface area contributed by atoms with Crippen molar-refractivity contribution in [2.24, 2.45) is 0 Å². The number of β-amino-alcohol motifs (C(OH)–C–C–N with tert-alkyl or cyclic N) is 1. The van der Waals surface area contributed by atoms with Gasteiger partial charge >= 0.3 is 0 Å². The quantitative estimate of drug-likeness (QED) is 0.899. The Hall–Kier alpha value is -1.40. The molecule has 110 valence electrons. The zero-order chi connectivity index (χ0) is 14.8. The lowest BCUT2D eigenvalue weighted by atomic mass is 9.89. The molecule has 1 fully saturated rings. The number of rotatable bonds is 3. The van der Waals surface area contributed by atoms with Gasteiger partial charge < -0.3 is 14.9 Å². The van der Waals surface area contributed by atoms with Crippen molar-refractivity contribution >= 4 is 23.5 Å². The number of aromatic nitrogens is 2. The Bertz CT molecular complexity index is 480. The molecular formula is C13H19ClN4O2. The Morgan fingerprint density at radius 1 is 1.50 bits per heavy atom. The van der Waals surface area contributed by atoms with Crippen LogP contribution in [-0.2, 0) is 4.79 Å². The van der Waals surface area contributed by atoms with Gasteiger partial charge in [0.2, 0.25) is 11.9 Å². The third kappa shape index (κ3) is 3.58. The maximum atomic E-state index is 11.8. The van der Waals surface area contributed by atoms with Crippen molar-refractivity contribution in [1.82, 2.24) is 14.9 Å². The van der Waals surface area contributed by atoms with Gasteiger partial charge in [0.15, 0.2) is 0 Å². The van der Waals surface area contributed by atoms with Crippen LogP contribution < -0.4 is 4.90 Å². The molecule has 1 aromatic rings. The van der Waals surface area contributed by atoms with Gasteiger partial charge in [-0.1, -0.05) is 11.6 Å². The zero-order valence-corrected chi connectivity index (χ0v) is 12.5. The fraction of sp³-hybridized carbons (Fsp3) is 0.615. The van der Waals surface area contributed by atoms with Crippen LogP contribution in [0.4, 0.5) is 5.95 Å². The zero-order valence-electron chi connectivity index (χ0n) is 11.7. The van der Waals surface area contributed by atoms with E-state index in [2.05, 4.69) is 9.97 Å². The van der Waals surface area contributed by atoms with E-state index in [-0.39, 0.29) is 12.3 Å². The maximum absolute atomic E-state index is 11.8. The fourth-order valence-corrected chi connectivity index (χ4v) is 2.43. The smallest absolute Gasteiger partial charge is 0.225 e. The predicted molar refractivity (Wildman–Crippen MR) is 76.7 cm³/mol. The van der Waals surface area contributed by atoms with Crippen molar-refractivity contribution in [2.75, 3.05) is 32.1 Å². The lowest BCUT2D eigenvalue weighted by Gasteiger charge is -2.39. The normalized spacial score (nSPS) is 22.7. The molecule has 1 aliphatic heterocycles. The molecule has 2 rings (SSSR count). The minimum Gasteiger partial charge on any atom is -0.388 e. The topological polar surface area (TPSA) is 69.6 Å². The van der Waals surface area contributed by atoms with Crippen molar-refractivity contribution in [3.63, 3.8) is 0 Å². The first-order chi connectivity index (χ1) is 9.39. The third-order valence-corrected chi connectivity index (χ3v) is 3.62. The fourth-order valence-electron chi connectivity index (χ4n) is 2.34. The molecular weight excluding hydrogens is 280 g/mol. The maximum Gasteiger partial charge on any atom is 0.225 e. The number of carbonyl (C=O) groups is 1. The predicted octanol–water partition coefficient (Wildman–Crippen LogP) is 0.940.